The Morgan fingerprint density at radius 1 is 1.31 bits per heavy atom. The zero-order valence-electron chi connectivity index (χ0n) is 8.85. The van der Waals surface area contributed by atoms with Gasteiger partial charge in [-0.15, -0.1) is 0 Å². The van der Waals surface area contributed by atoms with Crippen LogP contribution in [0.15, 0.2) is 0 Å². The van der Waals surface area contributed by atoms with Gasteiger partial charge in [-0.3, -0.25) is 4.79 Å². The SMILES string of the molecule is O=C(O)C1(CCOCC(F)(F)F)CCCC1. The van der Waals surface area contributed by atoms with Crippen molar-refractivity contribution in [2.75, 3.05) is 13.2 Å². The molecule has 0 saturated heterocycles. The number of carboxylic acid groups (broad SMARTS) is 1. The number of halogens is 3. The van der Waals surface area contributed by atoms with E-state index in [2.05, 4.69) is 4.74 Å². The van der Waals surface area contributed by atoms with Gasteiger partial charge in [0, 0.05) is 6.61 Å². The number of hydrogen-bond acceptors (Lipinski definition) is 2. The summed E-state index contributed by atoms with van der Waals surface area (Å²) in [6, 6.07) is 0. The molecule has 3 nitrogen and oxygen atoms in total. The first-order valence-electron chi connectivity index (χ1n) is 5.24. The number of rotatable bonds is 5. The summed E-state index contributed by atoms with van der Waals surface area (Å²) in [5.74, 6) is -0.916. The van der Waals surface area contributed by atoms with E-state index >= 15 is 0 Å². The van der Waals surface area contributed by atoms with Crippen LogP contribution in [-0.2, 0) is 9.53 Å². The predicted octanol–water partition coefficient (Wildman–Crippen LogP) is 2.60. The zero-order chi connectivity index (χ0) is 12.2. The smallest absolute Gasteiger partial charge is 0.411 e. The third-order valence-corrected chi connectivity index (χ3v) is 3.01. The van der Waals surface area contributed by atoms with E-state index in [1.165, 1.54) is 0 Å². The van der Waals surface area contributed by atoms with Crippen molar-refractivity contribution in [3.8, 4) is 0 Å². The van der Waals surface area contributed by atoms with E-state index in [0.717, 1.165) is 12.8 Å². The molecule has 0 aromatic heterocycles. The number of aliphatic carboxylic acids is 1. The van der Waals surface area contributed by atoms with Crippen LogP contribution in [0.2, 0.25) is 0 Å². The predicted molar refractivity (Wildman–Crippen MR) is 50.0 cm³/mol. The van der Waals surface area contributed by atoms with Crippen molar-refractivity contribution in [2.24, 2.45) is 5.41 Å². The molecule has 0 amide bonds. The van der Waals surface area contributed by atoms with Gasteiger partial charge < -0.3 is 9.84 Å². The van der Waals surface area contributed by atoms with Crippen LogP contribution in [0.25, 0.3) is 0 Å². The molecule has 1 aliphatic rings. The summed E-state index contributed by atoms with van der Waals surface area (Å²) in [6.45, 7) is -1.45. The standard InChI is InChI=1S/C10H15F3O3/c11-10(12,13)7-16-6-5-9(8(14)15)3-1-2-4-9/h1-7H2,(H,14,15). The third kappa shape index (κ3) is 3.66. The van der Waals surface area contributed by atoms with Gasteiger partial charge in [0.25, 0.3) is 0 Å². The molecule has 0 spiro atoms. The van der Waals surface area contributed by atoms with Gasteiger partial charge in [0.05, 0.1) is 5.41 Å². The monoisotopic (exact) mass is 240 g/mol. The highest BCUT2D eigenvalue weighted by Gasteiger charge is 2.41. The Labute approximate surface area is 91.6 Å². The second kappa shape index (κ2) is 5.03. The summed E-state index contributed by atoms with van der Waals surface area (Å²) in [5.41, 5.74) is -0.856. The first-order chi connectivity index (χ1) is 7.36. The molecule has 0 aliphatic heterocycles. The van der Waals surface area contributed by atoms with Crippen molar-refractivity contribution in [3.05, 3.63) is 0 Å². The Morgan fingerprint density at radius 3 is 2.31 bits per heavy atom. The highest BCUT2D eigenvalue weighted by molar-refractivity contribution is 5.74. The minimum Gasteiger partial charge on any atom is -0.481 e. The van der Waals surface area contributed by atoms with Gasteiger partial charge in [-0.05, 0) is 19.3 Å². The van der Waals surface area contributed by atoms with E-state index in [4.69, 9.17) is 5.11 Å². The minimum atomic E-state index is -4.34. The summed E-state index contributed by atoms with van der Waals surface area (Å²) in [7, 11) is 0. The van der Waals surface area contributed by atoms with E-state index < -0.39 is 24.2 Å². The Bertz CT molecular complexity index is 244. The van der Waals surface area contributed by atoms with Crippen LogP contribution in [0.3, 0.4) is 0 Å². The zero-order valence-corrected chi connectivity index (χ0v) is 8.85. The molecule has 16 heavy (non-hydrogen) atoms. The molecule has 0 aromatic rings. The van der Waals surface area contributed by atoms with E-state index in [1.54, 1.807) is 0 Å². The lowest BCUT2D eigenvalue weighted by Crippen LogP contribution is -2.30. The quantitative estimate of drug-likeness (QED) is 0.751. The van der Waals surface area contributed by atoms with E-state index in [0.29, 0.717) is 12.8 Å². The number of carboxylic acids is 1. The molecule has 94 valence electrons. The Balaban J connectivity index is 2.32. The van der Waals surface area contributed by atoms with Gasteiger partial charge in [-0.1, -0.05) is 12.8 Å². The molecular weight excluding hydrogens is 225 g/mol. The van der Waals surface area contributed by atoms with Gasteiger partial charge in [0.2, 0.25) is 0 Å². The summed E-state index contributed by atoms with van der Waals surface area (Å²) in [4.78, 5) is 11.0. The second-order valence-electron chi connectivity index (χ2n) is 4.21. The van der Waals surface area contributed by atoms with E-state index in [-0.39, 0.29) is 13.0 Å². The molecule has 1 aliphatic carbocycles. The molecule has 0 aromatic carbocycles. The van der Waals surface area contributed by atoms with Gasteiger partial charge in [0.1, 0.15) is 6.61 Å². The molecular formula is C10H15F3O3. The fourth-order valence-corrected chi connectivity index (χ4v) is 2.08. The van der Waals surface area contributed by atoms with Crippen molar-refractivity contribution < 1.29 is 27.8 Å². The lowest BCUT2D eigenvalue weighted by atomic mass is 9.83. The fourth-order valence-electron chi connectivity index (χ4n) is 2.08. The molecule has 0 bridgehead atoms. The van der Waals surface area contributed by atoms with E-state index in [1.807, 2.05) is 0 Å². The van der Waals surface area contributed by atoms with Crippen molar-refractivity contribution in [1.29, 1.82) is 0 Å². The van der Waals surface area contributed by atoms with Gasteiger partial charge in [0.15, 0.2) is 0 Å². The van der Waals surface area contributed by atoms with Crippen molar-refractivity contribution in [3.63, 3.8) is 0 Å². The molecule has 1 rings (SSSR count). The molecule has 1 saturated carbocycles. The lowest BCUT2D eigenvalue weighted by Gasteiger charge is -2.23. The molecule has 0 radical (unpaired) electrons. The Hall–Kier alpha value is -0.780. The maximum atomic E-state index is 11.8. The van der Waals surface area contributed by atoms with Crippen LogP contribution in [-0.4, -0.2) is 30.5 Å². The molecule has 1 fully saturated rings. The molecule has 6 heteroatoms. The minimum absolute atomic E-state index is 0.147. The molecule has 0 unspecified atom stereocenters. The van der Waals surface area contributed by atoms with Gasteiger partial charge >= 0.3 is 12.1 Å². The summed E-state index contributed by atoms with van der Waals surface area (Å²) in [6.07, 6.45) is -1.45. The Morgan fingerprint density at radius 2 is 1.88 bits per heavy atom. The molecule has 0 atom stereocenters. The average Bonchev–Trinajstić information content (AvgIpc) is 2.60. The third-order valence-electron chi connectivity index (χ3n) is 3.01. The summed E-state index contributed by atoms with van der Waals surface area (Å²) in [5, 5.41) is 9.05. The normalized spacial score (nSPS) is 19.9. The molecule has 0 heterocycles. The number of ether oxygens (including phenoxy) is 1. The highest BCUT2D eigenvalue weighted by atomic mass is 19.4. The number of hydrogen-bond donors (Lipinski definition) is 1. The van der Waals surface area contributed by atoms with Gasteiger partial charge in [-0.25, -0.2) is 0 Å². The first-order valence-corrected chi connectivity index (χ1v) is 5.24. The van der Waals surface area contributed by atoms with E-state index in [9.17, 15) is 18.0 Å². The van der Waals surface area contributed by atoms with Crippen molar-refractivity contribution in [2.45, 2.75) is 38.3 Å². The number of carbonyl (C=O) groups is 1. The van der Waals surface area contributed by atoms with Crippen LogP contribution in [0.1, 0.15) is 32.1 Å². The fraction of sp³-hybridized carbons (Fsp3) is 0.900. The van der Waals surface area contributed by atoms with Crippen molar-refractivity contribution in [1.82, 2.24) is 0 Å². The van der Waals surface area contributed by atoms with Gasteiger partial charge in [-0.2, -0.15) is 13.2 Å². The second-order valence-corrected chi connectivity index (χ2v) is 4.21. The average molecular weight is 240 g/mol. The van der Waals surface area contributed by atoms with Crippen LogP contribution in [0.4, 0.5) is 13.2 Å². The highest BCUT2D eigenvalue weighted by Crippen LogP contribution is 2.41. The number of alkyl halides is 3. The summed E-state index contributed by atoms with van der Waals surface area (Å²) >= 11 is 0. The van der Waals surface area contributed by atoms with Crippen LogP contribution < -0.4 is 0 Å². The lowest BCUT2D eigenvalue weighted by molar-refractivity contribution is -0.176. The maximum absolute atomic E-state index is 11.8. The first kappa shape index (κ1) is 13.3. The van der Waals surface area contributed by atoms with Crippen molar-refractivity contribution >= 4 is 5.97 Å². The molecule has 1 N–H and O–H groups in total. The van der Waals surface area contributed by atoms with Crippen LogP contribution in [0, 0.1) is 5.41 Å². The topological polar surface area (TPSA) is 46.5 Å². The van der Waals surface area contributed by atoms with Crippen LogP contribution >= 0.6 is 0 Å². The largest absolute Gasteiger partial charge is 0.481 e. The maximum Gasteiger partial charge on any atom is 0.411 e. The van der Waals surface area contributed by atoms with Crippen LogP contribution in [0.5, 0.6) is 0 Å². The Kier molecular flexibility index (Phi) is 4.18. The summed E-state index contributed by atoms with van der Waals surface area (Å²) < 4.78 is 39.8.